The second-order valence-electron chi connectivity index (χ2n) is 5.99. The van der Waals surface area contributed by atoms with Gasteiger partial charge in [0.05, 0.1) is 22.6 Å². The molecule has 0 aliphatic heterocycles. The summed E-state index contributed by atoms with van der Waals surface area (Å²) in [5.74, 6) is 1.49. The average Bonchev–Trinajstić information content (AvgIpc) is 3.01. The largest absolute Gasteiger partial charge is 0.490 e. The summed E-state index contributed by atoms with van der Waals surface area (Å²) in [4.78, 5) is 16.3. The first-order chi connectivity index (χ1) is 13.2. The lowest BCUT2D eigenvalue weighted by Crippen LogP contribution is -2.24. The van der Waals surface area contributed by atoms with E-state index in [0.29, 0.717) is 36.9 Å². The molecule has 0 unspecified atom stereocenters. The van der Waals surface area contributed by atoms with Gasteiger partial charge in [0.15, 0.2) is 0 Å². The van der Waals surface area contributed by atoms with Gasteiger partial charge in [-0.1, -0.05) is 41.9 Å². The van der Waals surface area contributed by atoms with Gasteiger partial charge in [0.2, 0.25) is 5.91 Å². The van der Waals surface area contributed by atoms with Crippen LogP contribution in [0.25, 0.3) is 11.0 Å². The quantitative estimate of drug-likeness (QED) is 0.598. The predicted octanol–water partition coefficient (Wildman–Crippen LogP) is 4.00. The molecule has 2 aromatic carbocycles. The molecule has 0 radical (unpaired) electrons. The number of nitrogens with one attached hydrogen (secondary N) is 1. The summed E-state index contributed by atoms with van der Waals surface area (Å²) < 4.78 is 7.96. The van der Waals surface area contributed by atoms with E-state index in [0.717, 1.165) is 16.9 Å². The molecule has 0 fully saturated rings. The van der Waals surface area contributed by atoms with E-state index in [1.807, 2.05) is 55.5 Å². The van der Waals surface area contributed by atoms with Gasteiger partial charge in [-0.3, -0.25) is 4.79 Å². The molecule has 1 aromatic heterocycles. The maximum atomic E-state index is 11.6. The Bertz CT molecular complexity index is 950. The molecule has 1 N–H and O–H groups in total. The number of carbonyl (C=O) groups is 1. The Labute approximate surface area is 163 Å². The van der Waals surface area contributed by atoms with Crippen LogP contribution >= 0.6 is 11.6 Å². The van der Waals surface area contributed by atoms with Crippen LogP contribution in [0.1, 0.15) is 12.7 Å². The Morgan fingerprint density at radius 3 is 2.81 bits per heavy atom. The molecule has 3 rings (SSSR count). The van der Waals surface area contributed by atoms with Gasteiger partial charge in [-0.2, -0.15) is 0 Å². The summed E-state index contributed by atoms with van der Waals surface area (Å²) in [5.41, 5.74) is 1.99. The van der Waals surface area contributed by atoms with Crippen molar-refractivity contribution in [2.75, 3.05) is 13.2 Å². The normalized spacial score (nSPS) is 11.2. The van der Waals surface area contributed by atoms with Crippen molar-refractivity contribution in [1.82, 2.24) is 14.9 Å². The van der Waals surface area contributed by atoms with Crippen LogP contribution in [0.15, 0.2) is 60.7 Å². The third kappa shape index (κ3) is 4.89. The summed E-state index contributed by atoms with van der Waals surface area (Å²) in [7, 11) is 0. The Hall–Kier alpha value is -2.79. The highest BCUT2D eigenvalue weighted by molar-refractivity contribution is 6.32. The molecule has 0 aliphatic carbocycles. The Morgan fingerprint density at radius 1 is 1.22 bits per heavy atom. The fourth-order valence-corrected chi connectivity index (χ4v) is 3.07. The van der Waals surface area contributed by atoms with Crippen molar-refractivity contribution in [2.24, 2.45) is 0 Å². The van der Waals surface area contributed by atoms with Crippen LogP contribution in [0, 0.1) is 0 Å². The number of amides is 1. The van der Waals surface area contributed by atoms with Crippen molar-refractivity contribution < 1.29 is 9.53 Å². The third-order valence-corrected chi connectivity index (χ3v) is 4.42. The number of nitrogens with zero attached hydrogens (tertiary/aromatic N) is 2. The number of aromatic nitrogens is 2. The predicted molar refractivity (Wildman–Crippen MR) is 108 cm³/mol. The number of allylic oxidation sites excluding steroid dienone is 1. The van der Waals surface area contributed by atoms with E-state index in [4.69, 9.17) is 21.3 Å². The zero-order valence-corrected chi connectivity index (χ0v) is 15.9. The standard InChI is InChI=1S/C21H22ClN3O2/c1-2-7-21(26)23-13-12-20-24-17-9-4-5-10-18(17)25(20)14-15-27-19-11-6-3-8-16(19)22/h2-11H,12-15H2,1H3,(H,23,26)/b7-2+. The van der Waals surface area contributed by atoms with Gasteiger partial charge >= 0.3 is 0 Å². The van der Waals surface area contributed by atoms with E-state index in [1.54, 1.807) is 6.08 Å². The van der Waals surface area contributed by atoms with Gasteiger partial charge in [0.1, 0.15) is 18.2 Å². The van der Waals surface area contributed by atoms with Crippen LogP contribution in [-0.4, -0.2) is 28.6 Å². The molecule has 0 aliphatic rings. The van der Waals surface area contributed by atoms with Gasteiger partial charge in [0.25, 0.3) is 0 Å². The van der Waals surface area contributed by atoms with Crippen molar-refractivity contribution in [3.8, 4) is 5.75 Å². The van der Waals surface area contributed by atoms with Crippen LogP contribution in [0.2, 0.25) is 5.02 Å². The highest BCUT2D eigenvalue weighted by atomic mass is 35.5. The molecular weight excluding hydrogens is 362 g/mol. The molecule has 0 bridgehead atoms. The first-order valence-corrected chi connectivity index (χ1v) is 9.29. The molecule has 5 nitrogen and oxygen atoms in total. The minimum absolute atomic E-state index is 0.0952. The van der Waals surface area contributed by atoms with Gasteiger partial charge in [-0.05, 0) is 37.3 Å². The Kier molecular flexibility index (Phi) is 6.49. The van der Waals surface area contributed by atoms with Gasteiger partial charge < -0.3 is 14.6 Å². The number of fused-ring (bicyclic) bond motifs is 1. The number of hydrogen-bond donors (Lipinski definition) is 1. The second-order valence-corrected chi connectivity index (χ2v) is 6.40. The van der Waals surface area contributed by atoms with Crippen LogP contribution in [-0.2, 0) is 17.8 Å². The first kappa shape index (κ1) is 19.0. The van der Waals surface area contributed by atoms with E-state index in [1.165, 1.54) is 6.08 Å². The van der Waals surface area contributed by atoms with Crippen LogP contribution < -0.4 is 10.1 Å². The van der Waals surface area contributed by atoms with Crippen LogP contribution in [0.3, 0.4) is 0 Å². The zero-order valence-electron chi connectivity index (χ0n) is 15.2. The second kappa shape index (κ2) is 9.24. The molecule has 6 heteroatoms. The topological polar surface area (TPSA) is 56.2 Å². The molecule has 27 heavy (non-hydrogen) atoms. The molecule has 140 valence electrons. The van der Waals surface area contributed by atoms with E-state index in [2.05, 4.69) is 9.88 Å². The molecule has 0 saturated heterocycles. The van der Waals surface area contributed by atoms with Crippen molar-refractivity contribution in [1.29, 1.82) is 0 Å². The smallest absolute Gasteiger partial charge is 0.243 e. The number of ether oxygens (including phenoxy) is 1. The molecular formula is C21H22ClN3O2. The van der Waals surface area contributed by atoms with Crippen molar-refractivity contribution in [2.45, 2.75) is 19.9 Å². The lowest BCUT2D eigenvalue weighted by atomic mass is 10.3. The molecule has 0 saturated carbocycles. The minimum Gasteiger partial charge on any atom is -0.490 e. The van der Waals surface area contributed by atoms with Gasteiger partial charge in [-0.15, -0.1) is 0 Å². The Morgan fingerprint density at radius 2 is 2.00 bits per heavy atom. The number of carbonyl (C=O) groups excluding carboxylic acids is 1. The summed E-state index contributed by atoms with van der Waals surface area (Å²) in [6, 6.07) is 15.4. The van der Waals surface area contributed by atoms with Crippen LogP contribution in [0.5, 0.6) is 5.75 Å². The lowest BCUT2D eigenvalue weighted by Gasteiger charge is -2.12. The monoisotopic (exact) mass is 383 g/mol. The highest BCUT2D eigenvalue weighted by Crippen LogP contribution is 2.23. The zero-order chi connectivity index (χ0) is 19.1. The number of imidazole rings is 1. The third-order valence-electron chi connectivity index (χ3n) is 4.11. The van der Waals surface area contributed by atoms with Gasteiger partial charge in [-0.25, -0.2) is 4.98 Å². The summed E-state index contributed by atoms with van der Waals surface area (Å²) in [5, 5.41) is 3.46. The average molecular weight is 384 g/mol. The molecule has 0 atom stereocenters. The lowest BCUT2D eigenvalue weighted by molar-refractivity contribution is -0.116. The van der Waals surface area contributed by atoms with Crippen molar-refractivity contribution >= 4 is 28.5 Å². The van der Waals surface area contributed by atoms with E-state index in [-0.39, 0.29) is 5.91 Å². The fourth-order valence-electron chi connectivity index (χ4n) is 2.88. The SMILES string of the molecule is C/C=C/C(=O)NCCc1nc2ccccc2n1CCOc1ccccc1Cl. The van der Waals surface area contributed by atoms with Gasteiger partial charge in [0, 0.05) is 13.0 Å². The van der Waals surface area contributed by atoms with E-state index >= 15 is 0 Å². The number of rotatable bonds is 8. The van der Waals surface area contributed by atoms with E-state index < -0.39 is 0 Å². The highest BCUT2D eigenvalue weighted by Gasteiger charge is 2.11. The fraction of sp³-hybridized carbons (Fsp3) is 0.238. The number of halogens is 1. The molecule has 0 spiro atoms. The Balaban J connectivity index is 1.70. The molecule has 3 aromatic rings. The molecule has 1 heterocycles. The maximum absolute atomic E-state index is 11.6. The van der Waals surface area contributed by atoms with Crippen molar-refractivity contribution in [3.63, 3.8) is 0 Å². The first-order valence-electron chi connectivity index (χ1n) is 8.91. The summed E-state index contributed by atoms with van der Waals surface area (Å²) >= 11 is 6.15. The summed E-state index contributed by atoms with van der Waals surface area (Å²) in [6.45, 7) is 3.46. The number of para-hydroxylation sites is 3. The molecule has 1 amide bonds. The van der Waals surface area contributed by atoms with Crippen LogP contribution in [0.4, 0.5) is 0 Å². The number of hydrogen-bond acceptors (Lipinski definition) is 3. The summed E-state index contributed by atoms with van der Waals surface area (Å²) in [6.07, 6.45) is 3.88. The maximum Gasteiger partial charge on any atom is 0.243 e. The minimum atomic E-state index is -0.0952. The number of benzene rings is 2. The van der Waals surface area contributed by atoms with Crippen molar-refractivity contribution in [3.05, 3.63) is 71.5 Å². The van der Waals surface area contributed by atoms with E-state index in [9.17, 15) is 4.79 Å².